The molecule has 39 heavy (non-hydrogen) atoms. The van der Waals surface area contributed by atoms with Gasteiger partial charge in [-0.2, -0.15) is 0 Å². The molecule has 0 fully saturated rings. The Kier molecular flexibility index (Phi) is 19.6. The average molecular weight is 545 g/mol. The topological polar surface area (TPSA) is 98.0 Å². The van der Waals surface area contributed by atoms with Gasteiger partial charge in [0.1, 0.15) is 0 Å². The van der Waals surface area contributed by atoms with Crippen molar-refractivity contribution < 1.29 is 25.2 Å². The number of hydrogen-bond donors (Lipinski definition) is 4. The monoisotopic (exact) mass is 544 g/mol. The van der Waals surface area contributed by atoms with Crippen LogP contribution in [0, 0.1) is 11.8 Å². The molecule has 222 valence electrons. The zero-order valence-electron chi connectivity index (χ0n) is 24.9. The summed E-state index contributed by atoms with van der Waals surface area (Å²) in [5, 5.41) is 39.6. The van der Waals surface area contributed by atoms with Crippen LogP contribution < -0.4 is 0 Å². The molecule has 5 nitrogen and oxygen atoms in total. The van der Waals surface area contributed by atoms with Crippen LogP contribution in [0.3, 0.4) is 0 Å². The first-order valence-electron chi connectivity index (χ1n) is 15.4. The molecule has 1 aromatic rings. The Bertz CT molecular complexity index is 814. The van der Waals surface area contributed by atoms with Gasteiger partial charge in [0.15, 0.2) is 0 Å². The lowest BCUT2D eigenvalue weighted by Gasteiger charge is -2.19. The minimum atomic E-state index is -0.802. The summed E-state index contributed by atoms with van der Waals surface area (Å²) in [6.45, 7) is 6.31. The van der Waals surface area contributed by atoms with E-state index in [1.54, 1.807) is 0 Å². The van der Waals surface area contributed by atoms with Crippen molar-refractivity contribution in [1.82, 2.24) is 0 Å². The van der Waals surface area contributed by atoms with E-state index in [9.17, 15) is 20.1 Å². The van der Waals surface area contributed by atoms with Crippen molar-refractivity contribution in [2.45, 2.75) is 129 Å². The Hall–Kier alpha value is -1.95. The van der Waals surface area contributed by atoms with Crippen LogP contribution in [0.4, 0.5) is 0 Å². The lowest BCUT2D eigenvalue weighted by molar-refractivity contribution is -0.137. The zero-order valence-corrected chi connectivity index (χ0v) is 24.9. The lowest BCUT2D eigenvalue weighted by atomic mass is 9.88. The number of aliphatic carboxylic acids is 1. The Labute approximate surface area is 238 Å². The van der Waals surface area contributed by atoms with Crippen LogP contribution in [0.25, 0.3) is 0 Å². The number of rotatable bonds is 23. The van der Waals surface area contributed by atoms with E-state index in [2.05, 4.69) is 39.0 Å². The molecule has 0 aliphatic rings. The second kappa shape index (κ2) is 21.8. The van der Waals surface area contributed by atoms with E-state index in [0.29, 0.717) is 18.3 Å². The van der Waals surface area contributed by atoms with Gasteiger partial charge in [-0.3, -0.25) is 4.79 Å². The molecule has 0 unspecified atom stereocenters. The molecule has 0 spiro atoms. The quantitative estimate of drug-likeness (QED) is 0.0838. The maximum atomic E-state index is 11.1. The van der Waals surface area contributed by atoms with Crippen molar-refractivity contribution in [3.63, 3.8) is 0 Å². The van der Waals surface area contributed by atoms with E-state index in [4.69, 9.17) is 5.11 Å². The van der Waals surface area contributed by atoms with Crippen LogP contribution in [-0.2, 0) is 11.2 Å². The summed E-state index contributed by atoms with van der Waals surface area (Å²) in [4.78, 5) is 11.1. The number of benzene rings is 1. The first-order valence-corrected chi connectivity index (χ1v) is 15.4. The number of aliphatic hydroxyl groups is 3. The highest BCUT2D eigenvalue weighted by molar-refractivity contribution is 5.66. The minimum absolute atomic E-state index is 0.228. The Balaban J connectivity index is 2.99. The molecule has 0 aliphatic carbocycles. The minimum Gasteiger partial charge on any atom is -0.481 e. The van der Waals surface area contributed by atoms with Crippen LogP contribution >= 0.6 is 0 Å². The fraction of sp³-hybridized carbons (Fsp3) is 0.676. The predicted octanol–water partition coefficient (Wildman–Crippen LogP) is 7.63. The molecule has 3 atom stereocenters. The van der Waals surface area contributed by atoms with E-state index >= 15 is 0 Å². The van der Waals surface area contributed by atoms with E-state index < -0.39 is 18.2 Å². The molecule has 0 radical (unpaired) electrons. The second-order valence-corrected chi connectivity index (χ2v) is 11.6. The largest absolute Gasteiger partial charge is 0.481 e. The third-order valence-electron chi connectivity index (χ3n) is 7.56. The summed E-state index contributed by atoms with van der Waals surface area (Å²) in [5.74, 6) is 0.317. The number of unbranched alkanes of at least 4 members (excludes halogenated alkanes) is 3. The van der Waals surface area contributed by atoms with Crippen molar-refractivity contribution in [2.24, 2.45) is 11.8 Å². The second-order valence-electron chi connectivity index (χ2n) is 11.6. The number of carboxylic acid groups (broad SMARTS) is 1. The van der Waals surface area contributed by atoms with Crippen LogP contribution in [-0.4, -0.2) is 45.2 Å². The lowest BCUT2D eigenvalue weighted by Crippen LogP contribution is -2.14. The summed E-state index contributed by atoms with van der Waals surface area (Å²) in [6, 6.07) is 10.3. The highest BCUT2D eigenvalue weighted by Gasteiger charge is 2.15. The Morgan fingerprint density at radius 1 is 0.872 bits per heavy atom. The van der Waals surface area contributed by atoms with Crippen LogP contribution in [0.5, 0.6) is 0 Å². The molecule has 1 aromatic carbocycles. The zero-order chi connectivity index (χ0) is 28.9. The molecule has 4 N–H and O–H groups in total. The SMILES string of the molecule is CCCCC[C@H](O)/C=C/C(CCc1ccccc1)=C(/CCCC[C@@H](CCC(=O)O)CCC(C)C)C[C@H](O)CO. The van der Waals surface area contributed by atoms with Gasteiger partial charge in [-0.05, 0) is 67.9 Å². The Morgan fingerprint density at radius 2 is 1.59 bits per heavy atom. The first-order chi connectivity index (χ1) is 18.7. The van der Waals surface area contributed by atoms with E-state index in [0.717, 1.165) is 94.6 Å². The van der Waals surface area contributed by atoms with Crippen LogP contribution in [0.1, 0.15) is 116 Å². The summed E-state index contributed by atoms with van der Waals surface area (Å²) >= 11 is 0. The van der Waals surface area contributed by atoms with Crippen molar-refractivity contribution in [2.75, 3.05) is 6.61 Å². The van der Waals surface area contributed by atoms with Gasteiger partial charge in [0.25, 0.3) is 0 Å². The maximum absolute atomic E-state index is 11.1. The Morgan fingerprint density at radius 3 is 2.23 bits per heavy atom. The number of hydrogen-bond acceptors (Lipinski definition) is 4. The number of carbonyl (C=O) groups is 1. The molecule has 0 amide bonds. The summed E-state index contributed by atoms with van der Waals surface area (Å²) in [6.07, 6.45) is 15.7. The number of carboxylic acids is 1. The van der Waals surface area contributed by atoms with Gasteiger partial charge in [-0.25, -0.2) is 0 Å². The molecular weight excluding hydrogens is 488 g/mol. The van der Waals surface area contributed by atoms with E-state index in [-0.39, 0.29) is 13.0 Å². The highest BCUT2D eigenvalue weighted by atomic mass is 16.4. The van der Waals surface area contributed by atoms with Gasteiger partial charge in [0.05, 0.1) is 18.8 Å². The molecule has 0 saturated carbocycles. The predicted molar refractivity (Wildman–Crippen MR) is 162 cm³/mol. The molecule has 0 bridgehead atoms. The van der Waals surface area contributed by atoms with E-state index in [1.165, 1.54) is 5.56 Å². The van der Waals surface area contributed by atoms with Crippen LogP contribution in [0.15, 0.2) is 53.6 Å². The van der Waals surface area contributed by atoms with Crippen molar-refractivity contribution >= 4 is 5.97 Å². The summed E-state index contributed by atoms with van der Waals surface area (Å²) in [5.41, 5.74) is 3.54. The molecule has 5 heteroatoms. The first kappa shape index (κ1) is 35.1. The van der Waals surface area contributed by atoms with Crippen molar-refractivity contribution in [3.05, 3.63) is 59.2 Å². The normalized spacial score (nSPS) is 14.9. The van der Waals surface area contributed by atoms with Gasteiger partial charge in [-0.15, -0.1) is 0 Å². The third-order valence-corrected chi connectivity index (χ3v) is 7.56. The number of aryl methyl sites for hydroxylation is 1. The van der Waals surface area contributed by atoms with Gasteiger partial charge in [-0.1, -0.05) is 114 Å². The summed E-state index contributed by atoms with van der Waals surface area (Å²) < 4.78 is 0. The van der Waals surface area contributed by atoms with Crippen molar-refractivity contribution in [3.8, 4) is 0 Å². The van der Waals surface area contributed by atoms with E-state index in [1.807, 2.05) is 24.3 Å². The fourth-order valence-corrected chi connectivity index (χ4v) is 5.07. The fourth-order valence-electron chi connectivity index (χ4n) is 5.07. The molecule has 0 aromatic heterocycles. The van der Waals surface area contributed by atoms with Gasteiger partial charge >= 0.3 is 5.97 Å². The smallest absolute Gasteiger partial charge is 0.303 e. The third kappa shape index (κ3) is 18.1. The average Bonchev–Trinajstić information content (AvgIpc) is 2.91. The van der Waals surface area contributed by atoms with Gasteiger partial charge in [0, 0.05) is 6.42 Å². The number of allylic oxidation sites excluding steroid dienone is 2. The molecule has 1 rings (SSSR count). The molecular formula is C34H56O5. The van der Waals surface area contributed by atoms with Crippen molar-refractivity contribution in [1.29, 1.82) is 0 Å². The van der Waals surface area contributed by atoms with Gasteiger partial charge < -0.3 is 20.4 Å². The maximum Gasteiger partial charge on any atom is 0.303 e. The number of aliphatic hydroxyl groups excluding tert-OH is 3. The highest BCUT2D eigenvalue weighted by Crippen LogP contribution is 2.27. The molecule has 0 heterocycles. The molecule has 0 aliphatic heterocycles. The van der Waals surface area contributed by atoms with Gasteiger partial charge in [0.2, 0.25) is 0 Å². The van der Waals surface area contributed by atoms with Crippen LogP contribution in [0.2, 0.25) is 0 Å². The standard InChI is InChI=1S/C34H56O5/c1-4-5-7-16-32(36)23-22-30(21-19-28-12-8-6-9-13-28)31(25-33(37)26-35)15-11-10-14-29(18-17-27(2)3)20-24-34(38)39/h6,8-9,12-13,22-23,27,29,32-33,35-37H,4-5,7,10-11,14-21,24-26H2,1-3H3,(H,38,39)/b23-22+,31-30-/t29-,32+,33+/m1/s1. The summed E-state index contributed by atoms with van der Waals surface area (Å²) in [7, 11) is 0. The molecule has 0 saturated heterocycles.